The highest BCUT2D eigenvalue weighted by molar-refractivity contribution is 5.95. The van der Waals surface area contributed by atoms with Crippen molar-refractivity contribution in [2.75, 3.05) is 31.1 Å². The lowest BCUT2D eigenvalue weighted by Gasteiger charge is -2.47. The van der Waals surface area contributed by atoms with Gasteiger partial charge in [-0.25, -0.2) is 4.39 Å². The predicted octanol–water partition coefficient (Wildman–Crippen LogP) is 2.86. The van der Waals surface area contributed by atoms with Crippen molar-refractivity contribution in [1.82, 2.24) is 4.90 Å². The van der Waals surface area contributed by atoms with Crippen LogP contribution in [0, 0.1) is 5.82 Å². The van der Waals surface area contributed by atoms with Crippen LogP contribution >= 0.6 is 0 Å². The van der Waals surface area contributed by atoms with Crippen LogP contribution in [0.5, 0.6) is 0 Å². The second kappa shape index (κ2) is 7.12. The number of halogens is 1. The SMILES string of the molecule is O=C(c1ccc(F)cc1)N1CCC2(CC1)CN(c1ccccc1)C(=O)CO2. The smallest absolute Gasteiger partial charge is 0.253 e. The molecule has 0 saturated carbocycles. The minimum absolute atomic E-state index is 0.0448. The lowest BCUT2D eigenvalue weighted by atomic mass is 9.88. The summed E-state index contributed by atoms with van der Waals surface area (Å²) in [6, 6.07) is 15.2. The highest BCUT2D eigenvalue weighted by Crippen LogP contribution is 2.33. The number of anilines is 1. The van der Waals surface area contributed by atoms with Gasteiger partial charge in [-0.05, 0) is 49.2 Å². The van der Waals surface area contributed by atoms with Crippen LogP contribution in [0.3, 0.4) is 0 Å². The van der Waals surface area contributed by atoms with Crippen molar-refractivity contribution in [3.63, 3.8) is 0 Å². The number of para-hydroxylation sites is 1. The molecular weight excluding hydrogens is 347 g/mol. The Balaban J connectivity index is 1.44. The van der Waals surface area contributed by atoms with Crippen molar-refractivity contribution in [2.45, 2.75) is 18.4 Å². The van der Waals surface area contributed by atoms with Gasteiger partial charge >= 0.3 is 0 Å². The number of benzene rings is 2. The Kier molecular flexibility index (Phi) is 4.66. The summed E-state index contributed by atoms with van der Waals surface area (Å²) in [5.41, 5.74) is 0.927. The van der Waals surface area contributed by atoms with Gasteiger partial charge in [0.25, 0.3) is 11.8 Å². The number of amides is 2. The van der Waals surface area contributed by atoms with E-state index in [0.29, 0.717) is 38.0 Å². The molecule has 2 fully saturated rings. The summed E-state index contributed by atoms with van der Waals surface area (Å²) in [4.78, 5) is 28.5. The predicted molar refractivity (Wildman–Crippen MR) is 99.0 cm³/mol. The topological polar surface area (TPSA) is 49.9 Å². The highest BCUT2D eigenvalue weighted by Gasteiger charge is 2.43. The average Bonchev–Trinajstić information content (AvgIpc) is 2.71. The normalized spacial score (nSPS) is 19.4. The maximum Gasteiger partial charge on any atom is 0.253 e. The van der Waals surface area contributed by atoms with Gasteiger partial charge in [0.05, 0.1) is 12.1 Å². The Morgan fingerprint density at radius 2 is 1.67 bits per heavy atom. The molecule has 0 N–H and O–H groups in total. The van der Waals surface area contributed by atoms with Crippen molar-refractivity contribution >= 4 is 17.5 Å². The van der Waals surface area contributed by atoms with E-state index in [9.17, 15) is 14.0 Å². The summed E-state index contributed by atoms with van der Waals surface area (Å²) < 4.78 is 19.0. The van der Waals surface area contributed by atoms with E-state index in [2.05, 4.69) is 0 Å². The van der Waals surface area contributed by atoms with Crippen LogP contribution in [-0.2, 0) is 9.53 Å². The fraction of sp³-hybridized carbons (Fsp3) is 0.333. The Bertz CT molecular complexity index is 830. The molecule has 27 heavy (non-hydrogen) atoms. The lowest BCUT2D eigenvalue weighted by Crippen LogP contribution is -2.59. The molecule has 0 radical (unpaired) electrons. The molecule has 4 rings (SSSR count). The van der Waals surface area contributed by atoms with E-state index in [1.807, 2.05) is 30.3 Å². The third-order valence-electron chi connectivity index (χ3n) is 5.37. The van der Waals surface area contributed by atoms with Crippen LogP contribution in [0.25, 0.3) is 0 Å². The zero-order valence-electron chi connectivity index (χ0n) is 14.9. The molecule has 2 aliphatic rings. The minimum Gasteiger partial charge on any atom is -0.363 e. The Hall–Kier alpha value is -2.73. The summed E-state index contributed by atoms with van der Waals surface area (Å²) >= 11 is 0. The molecule has 2 amide bonds. The van der Waals surface area contributed by atoms with Gasteiger partial charge in [-0.2, -0.15) is 0 Å². The summed E-state index contributed by atoms with van der Waals surface area (Å²) in [6.45, 7) is 1.65. The maximum absolute atomic E-state index is 13.1. The number of morpholine rings is 1. The van der Waals surface area contributed by atoms with Gasteiger partial charge in [0.15, 0.2) is 0 Å². The van der Waals surface area contributed by atoms with Crippen LogP contribution in [0.1, 0.15) is 23.2 Å². The first kappa shape index (κ1) is 17.7. The summed E-state index contributed by atoms with van der Waals surface area (Å²) in [5.74, 6) is -0.501. The van der Waals surface area contributed by atoms with Crippen LogP contribution in [0.15, 0.2) is 54.6 Å². The maximum atomic E-state index is 13.1. The molecule has 0 bridgehead atoms. The molecule has 1 spiro atoms. The molecule has 0 atom stereocenters. The van der Waals surface area contributed by atoms with E-state index in [1.165, 1.54) is 24.3 Å². The molecule has 2 aliphatic heterocycles. The number of hydrogen-bond acceptors (Lipinski definition) is 3. The summed E-state index contributed by atoms with van der Waals surface area (Å²) in [6.07, 6.45) is 1.33. The molecule has 2 saturated heterocycles. The van der Waals surface area contributed by atoms with Crippen molar-refractivity contribution in [2.24, 2.45) is 0 Å². The largest absolute Gasteiger partial charge is 0.363 e. The van der Waals surface area contributed by atoms with Crippen molar-refractivity contribution in [3.05, 3.63) is 66.0 Å². The van der Waals surface area contributed by atoms with Crippen LogP contribution in [-0.4, -0.2) is 48.6 Å². The van der Waals surface area contributed by atoms with Gasteiger partial charge in [0, 0.05) is 24.3 Å². The van der Waals surface area contributed by atoms with Gasteiger partial charge in [-0.3, -0.25) is 9.59 Å². The third kappa shape index (κ3) is 3.57. The number of hydrogen-bond donors (Lipinski definition) is 0. The fourth-order valence-corrected chi connectivity index (χ4v) is 3.75. The first-order valence-corrected chi connectivity index (χ1v) is 9.11. The number of carbonyl (C=O) groups excluding carboxylic acids is 2. The molecule has 5 nitrogen and oxygen atoms in total. The third-order valence-corrected chi connectivity index (χ3v) is 5.37. The molecule has 0 aromatic heterocycles. The van der Waals surface area contributed by atoms with Crippen LogP contribution < -0.4 is 4.90 Å². The zero-order valence-corrected chi connectivity index (χ0v) is 14.9. The second-order valence-corrected chi connectivity index (χ2v) is 7.09. The molecule has 0 unspecified atom stereocenters. The minimum atomic E-state index is -0.427. The van der Waals surface area contributed by atoms with Crippen molar-refractivity contribution in [3.8, 4) is 0 Å². The van der Waals surface area contributed by atoms with Crippen molar-refractivity contribution in [1.29, 1.82) is 0 Å². The number of likely N-dealkylation sites (tertiary alicyclic amines) is 1. The standard InChI is InChI=1S/C21H21FN2O3/c22-17-8-6-16(7-9-17)20(26)23-12-10-21(11-13-23)15-24(19(25)14-27-21)18-4-2-1-3-5-18/h1-9H,10-15H2. The number of carbonyl (C=O) groups is 2. The number of ether oxygens (including phenoxy) is 1. The van der Waals surface area contributed by atoms with E-state index in [0.717, 1.165) is 5.69 Å². The van der Waals surface area contributed by atoms with E-state index in [1.54, 1.807) is 9.80 Å². The number of piperidine rings is 1. The van der Waals surface area contributed by atoms with Crippen molar-refractivity contribution < 1.29 is 18.7 Å². The zero-order chi connectivity index (χ0) is 18.9. The van der Waals surface area contributed by atoms with Gasteiger partial charge in [0.1, 0.15) is 12.4 Å². The lowest BCUT2D eigenvalue weighted by molar-refractivity contribution is -0.143. The van der Waals surface area contributed by atoms with Gasteiger partial charge in [-0.15, -0.1) is 0 Å². The number of nitrogens with zero attached hydrogens (tertiary/aromatic N) is 2. The first-order valence-electron chi connectivity index (χ1n) is 9.11. The quantitative estimate of drug-likeness (QED) is 0.819. The van der Waals surface area contributed by atoms with Gasteiger partial charge in [-0.1, -0.05) is 18.2 Å². The Morgan fingerprint density at radius 3 is 2.33 bits per heavy atom. The molecule has 140 valence electrons. The monoisotopic (exact) mass is 368 g/mol. The van der Waals surface area contributed by atoms with Gasteiger partial charge < -0.3 is 14.5 Å². The molecular formula is C21H21FN2O3. The van der Waals surface area contributed by atoms with Crippen LogP contribution in [0.4, 0.5) is 10.1 Å². The molecule has 0 aliphatic carbocycles. The molecule has 2 aromatic carbocycles. The molecule has 6 heteroatoms. The Labute approximate surface area is 157 Å². The average molecular weight is 368 g/mol. The van der Waals surface area contributed by atoms with Gasteiger partial charge in [0.2, 0.25) is 0 Å². The highest BCUT2D eigenvalue weighted by atomic mass is 19.1. The van der Waals surface area contributed by atoms with E-state index in [-0.39, 0.29) is 24.2 Å². The van der Waals surface area contributed by atoms with E-state index in [4.69, 9.17) is 4.74 Å². The second-order valence-electron chi connectivity index (χ2n) is 7.09. The summed E-state index contributed by atoms with van der Waals surface area (Å²) in [5, 5.41) is 0. The fourth-order valence-electron chi connectivity index (χ4n) is 3.75. The van der Waals surface area contributed by atoms with E-state index < -0.39 is 5.60 Å². The summed E-state index contributed by atoms with van der Waals surface area (Å²) in [7, 11) is 0. The molecule has 2 heterocycles. The Morgan fingerprint density at radius 1 is 1.00 bits per heavy atom. The van der Waals surface area contributed by atoms with Crippen LogP contribution in [0.2, 0.25) is 0 Å². The first-order chi connectivity index (χ1) is 13.1. The van der Waals surface area contributed by atoms with E-state index >= 15 is 0 Å². The number of rotatable bonds is 2. The molecule has 2 aromatic rings.